The number of aliphatic hydroxyl groups is 1. The predicted octanol–water partition coefficient (Wildman–Crippen LogP) is 2.30. The minimum Gasteiger partial charge on any atom is -0.389 e. The molecule has 0 saturated heterocycles. The largest absolute Gasteiger partial charge is 0.389 e. The Bertz CT molecular complexity index is 183. The zero-order valence-corrected chi connectivity index (χ0v) is 9.79. The van der Waals surface area contributed by atoms with E-state index in [9.17, 15) is 5.11 Å². The molecule has 14 heavy (non-hydrogen) atoms. The van der Waals surface area contributed by atoms with Gasteiger partial charge < -0.3 is 10.8 Å². The molecule has 0 aromatic carbocycles. The average molecular weight is 199 g/mol. The first-order chi connectivity index (χ1) is 6.54. The lowest BCUT2D eigenvalue weighted by molar-refractivity contribution is -0.100. The first-order valence-corrected chi connectivity index (χ1v) is 6.02. The van der Waals surface area contributed by atoms with E-state index in [2.05, 4.69) is 20.8 Å². The summed E-state index contributed by atoms with van der Waals surface area (Å²) in [5, 5.41) is 10.7. The fourth-order valence-corrected chi connectivity index (χ4v) is 3.10. The van der Waals surface area contributed by atoms with Gasteiger partial charge in [0, 0.05) is 6.04 Å². The molecule has 0 spiro atoms. The predicted molar refractivity (Wildman–Crippen MR) is 60.0 cm³/mol. The highest BCUT2D eigenvalue weighted by Crippen LogP contribution is 2.42. The average Bonchev–Trinajstić information content (AvgIpc) is 2.12. The third kappa shape index (κ3) is 2.12. The van der Waals surface area contributed by atoms with Crippen LogP contribution < -0.4 is 5.73 Å². The van der Waals surface area contributed by atoms with Crippen molar-refractivity contribution in [2.24, 2.45) is 17.6 Å². The maximum Gasteiger partial charge on any atom is 0.0702 e. The molecule has 2 nitrogen and oxygen atoms in total. The minimum atomic E-state index is -0.445. The highest BCUT2D eigenvalue weighted by Gasteiger charge is 2.44. The normalized spacial score (nSPS) is 43.9. The third-order valence-electron chi connectivity index (χ3n) is 3.95. The van der Waals surface area contributed by atoms with Gasteiger partial charge in [0.05, 0.1) is 5.60 Å². The zero-order valence-electron chi connectivity index (χ0n) is 9.79. The fourth-order valence-electron chi connectivity index (χ4n) is 3.10. The van der Waals surface area contributed by atoms with Crippen LogP contribution in [0, 0.1) is 11.8 Å². The molecule has 3 N–H and O–H groups in total. The second-order valence-electron chi connectivity index (χ2n) is 4.98. The van der Waals surface area contributed by atoms with E-state index in [-0.39, 0.29) is 0 Å². The van der Waals surface area contributed by atoms with Gasteiger partial charge >= 0.3 is 0 Å². The van der Waals surface area contributed by atoms with Crippen LogP contribution in [0.15, 0.2) is 0 Å². The number of nitrogens with two attached hydrogens (primary N) is 1. The maximum absolute atomic E-state index is 10.7. The van der Waals surface area contributed by atoms with Crippen LogP contribution in [0.1, 0.15) is 52.9 Å². The molecule has 1 saturated carbocycles. The summed E-state index contributed by atoms with van der Waals surface area (Å²) >= 11 is 0. The van der Waals surface area contributed by atoms with Crippen LogP contribution in [0.4, 0.5) is 0 Å². The Hall–Kier alpha value is -0.0800. The van der Waals surface area contributed by atoms with Crippen molar-refractivity contribution < 1.29 is 5.11 Å². The highest BCUT2D eigenvalue weighted by atomic mass is 16.3. The zero-order chi connectivity index (χ0) is 10.8. The summed E-state index contributed by atoms with van der Waals surface area (Å²) < 4.78 is 0. The summed E-state index contributed by atoms with van der Waals surface area (Å²) in [6, 6.07) is 0.298. The van der Waals surface area contributed by atoms with E-state index >= 15 is 0 Å². The molecule has 4 atom stereocenters. The quantitative estimate of drug-likeness (QED) is 0.732. The van der Waals surface area contributed by atoms with E-state index in [0.29, 0.717) is 17.9 Å². The Morgan fingerprint density at radius 3 is 2.50 bits per heavy atom. The van der Waals surface area contributed by atoms with Gasteiger partial charge in [-0.05, 0) is 31.1 Å². The maximum atomic E-state index is 10.7. The van der Waals surface area contributed by atoms with Crippen LogP contribution in [0.5, 0.6) is 0 Å². The Kier molecular flexibility index (Phi) is 3.96. The van der Waals surface area contributed by atoms with Crippen molar-refractivity contribution >= 4 is 0 Å². The van der Waals surface area contributed by atoms with Crippen LogP contribution in [0.25, 0.3) is 0 Å². The molecule has 1 rings (SSSR count). The Morgan fingerprint density at radius 2 is 2.00 bits per heavy atom. The fraction of sp³-hybridized carbons (Fsp3) is 1.00. The molecule has 1 fully saturated rings. The van der Waals surface area contributed by atoms with Crippen molar-refractivity contribution in [1.29, 1.82) is 0 Å². The molecule has 0 bridgehead atoms. The van der Waals surface area contributed by atoms with E-state index in [1.807, 2.05) is 0 Å². The number of rotatable bonds is 3. The molecule has 0 heterocycles. The lowest BCUT2D eigenvalue weighted by atomic mass is 9.65. The van der Waals surface area contributed by atoms with Crippen LogP contribution >= 0.6 is 0 Å². The van der Waals surface area contributed by atoms with E-state index < -0.39 is 5.60 Å². The van der Waals surface area contributed by atoms with E-state index in [1.54, 1.807) is 0 Å². The molecular formula is C12H25NO. The van der Waals surface area contributed by atoms with Crippen molar-refractivity contribution in [3.05, 3.63) is 0 Å². The number of hydrogen-bond donors (Lipinski definition) is 2. The summed E-state index contributed by atoms with van der Waals surface area (Å²) in [6.07, 6.45) is 5.02. The lowest BCUT2D eigenvalue weighted by Gasteiger charge is -2.46. The van der Waals surface area contributed by atoms with Gasteiger partial charge in [0.1, 0.15) is 0 Å². The molecule has 0 amide bonds. The monoisotopic (exact) mass is 199 g/mol. The van der Waals surface area contributed by atoms with Crippen LogP contribution in [-0.2, 0) is 0 Å². The molecule has 2 heteroatoms. The van der Waals surface area contributed by atoms with Gasteiger partial charge in [0.25, 0.3) is 0 Å². The molecule has 0 aromatic heterocycles. The van der Waals surface area contributed by atoms with Gasteiger partial charge in [0.15, 0.2) is 0 Å². The summed E-state index contributed by atoms with van der Waals surface area (Å²) in [5.41, 5.74) is 5.55. The van der Waals surface area contributed by atoms with Gasteiger partial charge in [-0.25, -0.2) is 0 Å². The van der Waals surface area contributed by atoms with Crippen LogP contribution in [0.2, 0.25) is 0 Å². The Morgan fingerprint density at radius 1 is 1.36 bits per heavy atom. The number of hydrogen-bond acceptors (Lipinski definition) is 2. The van der Waals surface area contributed by atoms with Crippen LogP contribution in [-0.4, -0.2) is 16.7 Å². The summed E-state index contributed by atoms with van der Waals surface area (Å²) in [6.45, 7) is 6.46. The topological polar surface area (TPSA) is 46.2 Å². The summed E-state index contributed by atoms with van der Waals surface area (Å²) in [4.78, 5) is 0. The molecular weight excluding hydrogens is 174 g/mol. The second-order valence-corrected chi connectivity index (χ2v) is 4.98. The molecule has 0 aliphatic heterocycles. The minimum absolute atomic E-state index is 0.298. The van der Waals surface area contributed by atoms with E-state index in [4.69, 9.17) is 5.73 Å². The van der Waals surface area contributed by atoms with Crippen molar-refractivity contribution in [3.63, 3.8) is 0 Å². The van der Waals surface area contributed by atoms with E-state index in [1.165, 1.54) is 0 Å². The van der Waals surface area contributed by atoms with Gasteiger partial charge in [0.2, 0.25) is 0 Å². The van der Waals surface area contributed by atoms with Crippen LogP contribution in [0.3, 0.4) is 0 Å². The standard InChI is InChI=1S/C12H25NO/c1-4-6-12(14)9(3)7-11(13)8-10(12)5-2/h9-11,14H,4-8,13H2,1-3H3/t9-,10?,11?,12?/m1/s1. The van der Waals surface area contributed by atoms with Gasteiger partial charge in [-0.3, -0.25) is 0 Å². The van der Waals surface area contributed by atoms with Gasteiger partial charge in [-0.2, -0.15) is 0 Å². The Balaban J connectivity index is 2.76. The smallest absolute Gasteiger partial charge is 0.0702 e. The molecule has 1 aliphatic carbocycles. The molecule has 0 radical (unpaired) electrons. The van der Waals surface area contributed by atoms with Crippen molar-refractivity contribution in [3.8, 4) is 0 Å². The van der Waals surface area contributed by atoms with Crippen molar-refractivity contribution in [2.45, 2.75) is 64.5 Å². The second kappa shape index (κ2) is 4.63. The van der Waals surface area contributed by atoms with Gasteiger partial charge in [-0.15, -0.1) is 0 Å². The third-order valence-corrected chi connectivity index (χ3v) is 3.95. The van der Waals surface area contributed by atoms with Crippen molar-refractivity contribution in [1.82, 2.24) is 0 Å². The summed E-state index contributed by atoms with van der Waals surface area (Å²) in [5.74, 6) is 0.761. The highest BCUT2D eigenvalue weighted by molar-refractivity contribution is 4.97. The first kappa shape index (κ1) is 12.0. The SMILES string of the molecule is CCCC1(O)C(CC)CC(N)C[C@H]1C. The molecule has 3 unspecified atom stereocenters. The lowest BCUT2D eigenvalue weighted by Crippen LogP contribution is -2.51. The summed E-state index contributed by atoms with van der Waals surface area (Å²) in [7, 11) is 0. The molecule has 0 aromatic rings. The Labute approximate surface area is 87.9 Å². The van der Waals surface area contributed by atoms with Gasteiger partial charge in [-0.1, -0.05) is 33.6 Å². The molecule has 1 aliphatic rings. The first-order valence-electron chi connectivity index (χ1n) is 6.02. The van der Waals surface area contributed by atoms with Crippen molar-refractivity contribution in [2.75, 3.05) is 0 Å². The van der Waals surface area contributed by atoms with E-state index in [0.717, 1.165) is 32.1 Å². The molecule has 84 valence electrons.